The molecule has 2 aromatic heterocycles. The number of rotatable bonds is 3. The van der Waals surface area contributed by atoms with E-state index in [1.807, 2.05) is 0 Å². The second kappa shape index (κ2) is 5.79. The molecule has 1 N–H and O–H groups in total. The molecule has 0 spiro atoms. The van der Waals surface area contributed by atoms with Crippen molar-refractivity contribution in [1.29, 1.82) is 0 Å². The van der Waals surface area contributed by atoms with Gasteiger partial charge in [-0.3, -0.25) is 4.68 Å². The fraction of sp³-hybridized carbons (Fsp3) is 0.625. The molecule has 0 bridgehead atoms. The minimum Gasteiger partial charge on any atom is -0.477 e. The van der Waals surface area contributed by atoms with E-state index >= 15 is 0 Å². The number of aromatic nitrogens is 2. The number of hydrogen-bond acceptors (Lipinski definition) is 3. The van der Waals surface area contributed by atoms with Crippen LogP contribution in [0, 0.1) is 0 Å². The Labute approximate surface area is 128 Å². The zero-order valence-corrected chi connectivity index (χ0v) is 13.4. The molecule has 1 saturated carbocycles. The first-order valence-corrected chi connectivity index (χ1v) is 8.65. The lowest BCUT2D eigenvalue weighted by Gasteiger charge is -2.15. The zero-order valence-electron chi connectivity index (χ0n) is 12.6. The van der Waals surface area contributed by atoms with Crippen molar-refractivity contribution in [1.82, 2.24) is 9.78 Å². The van der Waals surface area contributed by atoms with Crippen molar-refractivity contribution in [3.8, 4) is 0 Å². The molecule has 3 rings (SSSR count). The van der Waals surface area contributed by atoms with Gasteiger partial charge in [-0.1, -0.05) is 39.5 Å². The van der Waals surface area contributed by atoms with Crippen molar-refractivity contribution in [2.24, 2.45) is 0 Å². The predicted octanol–water partition coefficient (Wildman–Crippen LogP) is 4.81. The summed E-state index contributed by atoms with van der Waals surface area (Å²) in [6.45, 7) is 4.24. The van der Waals surface area contributed by atoms with E-state index in [4.69, 9.17) is 5.10 Å². The molecule has 21 heavy (non-hydrogen) atoms. The van der Waals surface area contributed by atoms with Crippen LogP contribution < -0.4 is 0 Å². The van der Waals surface area contributed by atoms with Crippen molar-refractivity contribution in [2.45, 2.75) is 64.3 Å². The standard InChI is InChI=1S/C16H22N2O2S/c1-10(2)14-12-9-13(16(19)20)21-15(12)18(17-14)11-7-5-3-4-6-8-11/h9-11H,3-8H2,1-2H3,(H,19,20). The Hall–Kier alpha value is -1.36. The first-order chi connectivity index (χ1) is 10.1. The van der Waals surface area contributed by atoms with E-state index in [-0.39, 0.29) is 0 Å². The molecular formula is C16H22N2O2S. The number of thiophene rings is 1. The molecule has 5 heteroatoms. The van der Waals surface area contributed by atoms with Crippen LogP contribution in [0.15, 0.2) is 6.07 Å². The summed E-state index contributed by atoms with van der Waals surface area (Å²) in [4.78, 5) is 12.7. The van der Waals surface area contributed by atoms with Gasteiger partial charge in [-0.2, -0.15) is 5.10 Å². The maximum Gasteiger partial charge on any atom is 0.345 e. The van der Waals surface area contributed by atoms with Gasteiger partial charge in [0.05, 0.1) is 11.7 Å². The Balaban J connectivity index is 2.09. The molecule has 0 atom stereocenters. The van der Waals surface area contributed by atoms with Crippen molar-refractivity contribution >= 4 is 27.5 Å². The van der Waals surface area contributed by atoms with Crippen LogP contribution >= 0.6 is 11.3 Å². The Bertz CT molecular complexity index is 649. The van der Waals surface area contributed by atoms with Gasteiger partial charge in [0.15, 0.2) is 0 Å². The average molecular weight is 306 g/mol. The maximum atomic E-state index is 11.3. The largest absolute Gasteiger partial charge is 0.477 e. The highest BCUT2D eigenvalue weighted by atomic mass is 32.1. The number of carboxylic acids is 1. The Morgan fingerprint density at radius 2 is 2.00 bits per heavy atom. The molecule has 0 aromatic carbocycles. The summed E-state index contributed by atoms with van der Waals surface area (Å²) in [7, 11) is 0. The molecule has 0 amide bonds. The van der Waals surface area contributed by atoms with Crippen molar-refractivity contribution in [2.75, 3.05) is 0 Å². The van der Waals surface area contributed by atoms with Gasteiger partial charge in [0.1, 0.15) is 9.71 Å². The van der Waals surface area contributed by atoms with Gasteiger partial charge in [0, 0.05) is 5.39 Å². The van der Waals surface area contributed by atoms with E-state index in [0.717, 1.165) is 28.8 Å². The second-order valence-corrected chi connectivity index (χ2v) is 7.30. The summed E-state index contributed by atoms with van der Waals surface area (Å²) in [6.07, 6.45) is 7.44. The molecule has 4 nitrogen and oxygen atoms in total. The third-order valence-electron chi connectivity index (χ3n) is 4.34. The van der Waals surface area contributed by atoms with Crippen LogP contribution in [0.4, 0.5) is 0 Å². The molecule has 0 unspecified atom stereocenters. The van der Waals surface area contributed by atoms with Crippen molar-refractivity contribution in [3.05, 3.63) is 16.6 Å². The molecule has 1 aliphatic carbocycles. The van der Waals surface area contributed by atoms with Gasteiger partial charge in [0.25, 0.3) is 0 Å². The number of aromatic carboxylic acids is 1. The number of hydrogen-bond donors (Lipinski definition) is 1. The minimum absolute atomic E-state index is 0.316. The van der Waals surface area contributed by atoms with E-state index in [9.17, 15) is 9.90 Å². The highest BCUT2D eigenvalue weighted by Crippen LogP contribution is 2.37. The maximum absolute atomic E-state index is 11.3. The molecule has 2 aromatic rings. The van der Waals surface area contributed by atoms with Crippen LogP contribution in [0.2, 0.25) is 0 Å². The van der Waals surface area contributed by atoms with E-state index in [0.29, 0.717) is 16.8 Å². The SMILES string of the molecule is CC(C)c1nn(C2CCCCCC2)c2sc(C(=O)O)cc12. The first-order valence-electron chi connectivity index (χ1n) is 7.83. The molecule has 114 valence electrons. The van der Waals surface area contributed by atoms with Gasteiger partial charge in [-0.05, 0) is 24.8 Å². The van der Waals surface area contributed by atoms with Crippen LogP contribution in [0.1, 0.15) is 79.7 Å². The van der Waals surface area contributed by atoms with Crippen LogP contribution in [-0.2, 0) is 0 Å². The van der Waals surface area contributed by atoms with Gasteiger partial charge >= 0.3 is 5.97 Å². The van der Waals surface area contributed by atoms with Gasteiger partial charge in [0.2, 0.25) is 0 Å². The molecule has 0 saturated heterocycles. The summed E-state index contributed by atoms with van der Waals surface area (Å²) in [6, 6.07) is 2.24. The molecule has 0 radical (unpaired) electrons. The normalized spacial score (nSPS) is 17.5. The fourth-order valence-electron chi connectivity index (χ4n) is 3.23. The molecule has 1 fully saturated rings. The molecule has 2 heterocycles. The zero-order chi connectivity index (χ0) is 15.0. The summed E-state index contributed by atoms with van der Waals surface area (Å²) in [5.41, 5.74) is 1.04. The lowest BCUT2D eigenvalue weighted by molar-refractivity contribution is 0.0702. The third-order valence-corrected chi connectivity index (χ3v) is 5.45. The summed E-state index contributed by atoms with van der Waals surface area (Å²) < 4.78 is 2.13. The average Bonchev–Trinajstić information content (AvgIpc) is 2.88. The number of fused-ring (bicyclic) bond motifs is 1. The number of nitrogens with zero attached hydrogens (tertiary/aromatic N) is 2. The minimum atomic E-state index is -0.835. The van der Waals surface area contributed by atoms with Crippen LogP contribution in [-0.4, -0.2) is 20.9 Å². The smallest absolute Gasteiger partial charge is 0.345 e. The number of carbonyl (C=O) groups is 1. The lowest BCUT2D eigenvalue weighted by Crippen LogP contribution is -2.10. The topological polar surface area (TPSA) is 55.1 Å². The first kappa shape index (κ1) is 14.6. The van der Waals surface area contributed by atoms with Gasteiger partial charge in [-0.25, -0.2) is 4.79 Å². The lowest BCUT2D eigenvalue weighted by atomic mass is 10.1. The van der Waals surface area contributed by atoms with E-state index in [2.05, 4.69) is 18.5 Å². The van der Waals surface area contributed by atoms with Crippen LogP contribution in [0.5, 0.6) is 0 Å². The third kappa shape index (κ3) is 2.71. The van der Waals surface area contributed by atoms with Crippen molar-refractivity contribution in [3.63, 3.8) is 0 Å². The monoisotopic (exact) mass is 306 g/mol. The van der Waals surface area contributed by atoms with E-state index < -0.39 is 5.97 Å². The highest BCUT2D eigenvalue weighted by Gasteiger charge is 2.23. The van der Waals surface area contributed by atoms with Crippen molar-refractivity contribution < 1.29 is 9.90 Å². The van der Waals surface area contributed by atoms with Gasteiger partial charge < -0.3 is 5.11 Å². The number of carboxylic acid groups (broad SMARTS) is 1. The molecule has 1 aliphatic rings. The molecule has 0 aliphatic heterocycles. The van der Waals surface area contributed by atoms with E-state index in [1.165, 1.54) is 37.0 Å². The highest BCUT2D eigenvalue weighted by molar-refractivity contribution is 7.20. The summed E-state index contributed by atoms with van der Waals surface area (Å²) in [5.74, 6) is -0.519. The fourth-order valence-corrected chi connectivity index (χ4v) is 4.26. The summed E-state index contributed by atoms with van der Waals surface area (Å²) >= 11 is 1.37. The quantitative estimate of drug-likeness (QED) is 0.827. The summed E-state index contributed by atoms with van der Waals surface area (Å²) in [5, 5.41) is 15.1. The predicted molar refractivity (Wildman–Crippen MR) is 85.4 cm³/mol. The Morgan fingerprint density at radius 3 is 2.57 bits per heavy atom. The van der Waals surface area contributed by atoms with Crippen LogP contribution in [0.3, 0.4) is 0 Å². The van der Waals surface area contributed by atoms with E-state index in [1.54, 1.807) is 6.07 Å². The second-order valence-electron chi connectivity index (χ2n) is 6.26. The van der Waals surface area contributed by atoms with Crippen LogP contribution in [0.25, 0.3) is 10.2 Å². The molecular weight excluding hydrogens is 284 g/mol. The Kier molecular flexibility index (Phi) is 4.02. The Morgan fingerprint density at radius 1 is 1.33 bits per heavy atom. The van der Waals surface area contributed by atoms with Gasteiger partial charge in [-0.15, -0.1) is 11.3 Å².